The van der Waals surface area contributed by atoms with E-state index in [1.807, 2.05) is 22.6 Å². The van der Waals surface area contributed by atoms with Crippen molar-refractivity contribution in [2.24, 2.45) is 5.73 Å². The third-order valence-corrected chi connectivity index (χ3v) is 5.08. The Morgan fingerprint density at radius 1 is 1.23 bits per heavy atom. The van der Waals surface area contributed by atoms with Crippen LogP contribution in [-0.2, 0) is 10.0 Å². The molecule has 116 valence electrons. The second kappa shape index (κ2) is 6.53. The maximum absolute atomic E-state index is 12.4. The fraction of sp³-hybridized carbons (Fsp3) is 0.0714. The first-order valence-electron chi connectivity index (χ1n) is 6.10. The van der Waals surface area contributed by atoms with Crippen LogP contribution in [-0.4, -0.2) is 21.4 Å². The lowest BCUT2D eigenvalue weighted by atomic mass is 10.2. The molecule has 0 bridgehead atoms. The number of carbonyl (C=O) groups is 1. The highest BCUT2D eigenvalue weighted by Crippen LogP contribution is 2.26. The van der Waals surface area contributed by atoms with Crippen molar-refractivity contribution in [3.63, 3.8) is 0 Å². The molecule has 0 aliphatic carbocycles. The number of hydrogen-bond acceptors (Lipinski definition) is 4. The number of benzene rings is 2. The topological polar surface area (TPSA) is 98.5 Å². The maximum Gasteiger partial charge on any atom is 0.261 e. The van der Waals surface area contributed by atoms with Crippen LogP contribution in [0.1, 0.15) is 10.4 Å². The number of para-hydroxylation sites is 1. The average Bonchev–Trinajstić information content (AvgIpc) is 2.47. The Morgan fingerprint density at radius 3 is 2.50 bits per heavy atom. The van der Waals surface area contributed by atoms with Gasteiger partial charge in [-0.25, -0.2) is 8.42 Å². The smallest absolute Gasteiger partial charge is 0.261 e. The standard InChI is InChI=1S/C14H13IN2O4S/c1-21-13-7-6-9(8-11(13)15)22(19,20)17-12-5-3-2-4-10(12)14(16)18/h2-8,17H,1H3,(H2,16,18). The van der Waals surface area contributed by atoms with Crippen molar-refractivity contribution in [3.8, 4) is 5.75 Å². The number of nitrogens with one attached hydrogen (secondary N) is 1. The van der Waals surface area contributed by atoms with Gasteiger partial charge < -0.3 is 10.5 Å². The number of nitrogens with two attached hydrogens (primary N) is 1. The van der Waals surface area contributed by atoms with Gasteiger partial charge >= 0.3 is 0 Å². The molecule has 0 aromatic heterocycles. The van der Waals surface area contributed by atoms with Gasteiger partial charge in [-0.2, -0.15) is 0 Å². The Kier molecular flexibility index (Phi) is 4.91. The molecule has 0 saturated carbocycles. The Hall–Kier alpha value is -1.81. The van der Waals surface area contributed by atoms with Gasteiger partial charge in [0.05, 0.1) is 26.8 Å². The van der Waals surface area contributed by atoms with Crippen molar-refractivity contribution >= 4 is 44.2 Å². The van der Waals surface area contributed by atoms with Crippen molar-refractivity contribution in [2.45, 2.75) is 4.90 Å². The molecule has 0 radical (unpaired) electrons. The highest BCUT2D eigenvalue weighted by molar-refractivity contribution is 14.1. The van der Waals surface area contributed by atoms with Crippen LogP contribution in [0.2, 0.25) is 0 Å². The maximum atomic E-state index is 12.4. The van der Waals surface area contributed by atoms with Crippen LogP contribution >= 0.6 is 22.6 Å². The molecule has 2 aromatic carbocycles. The number of sulfonamides is 1. The van der Waals surface area contributed by atoms with Gasteiger partial charge in [0.25, 0.3) is 15.9 Å². The summed E-state index contributed by atoms with van der Waals surface area (Å²) in [6.45, 7) is 0. The molecule has 0 atom stereocenters. The first kappa shape index (κ1) is 16.6. The van der Waals surface area contributed by atoms with Crippen LogP contribution in [0.15, 0.2) is 47.4 Å². The van der Waals surface area contributed by atoms with Crippen molar-refractivity contribution in [1.29, 1.82) is 0 Å². The minimum atomic E-state index is -3.83. The Balaban J connectivity index is 2.40. The summed E-state index contributed by atoms with van der Waals surface area (Å²) in [5, 5.41) is 0. The lowest BCUT2D eigenvalue weighted by Gasteiger charge is -2.12. The second-order valence-corrected chi connectivity index (χ2v) is 7.16. The summed E-state index contributed by atoms with van der Waals surface area (Å²) >= 11 is 1.98. The summed E-state index contributed by atoms with van der Waals surface area (Å²) < 4.78 is 33.0. The predicted octanol–water partition coefficient (Wildman–Crippen LogP) is 2.20. The van der Waals surface area contributed by atoms with E-state index in [1.165, 1.54) is 31.4 Å². The van der Waals surface area contributed by atoms with E-state index in [0.29, 0.717) is 9.32 Å². The number of amides is 1. The lowest BCUT2D eigenvalue weighted by Crippen LogP contribution is -2.18. The van der Waals surface area contributed by atoms with Crippen LogP contribution in [0.4, 0.5) is 5.69 Å². The van der Waals surface area contributed by atoms with Crippen molar-refractivity contribution in [3.05, 3.63) is 51.6 Å². The van der Waals surface area contributed by atoms with Gasteiger partial charge in [-0.15, -0.1) is 0 Å². The third-order valence-electron chi connectivity index (χ3n) is 2.87. The summed E-state index contributed by atoms with van der Waals surface area (Å²) in [5.74, 6) is -0.125. The van der Waals surface area contributed by atoms with Gasteiger partial charge in [-0.3, -0.25) is 9.52 Å². The fourth-order valence-electron chi connectivity index (χ4n) is 1.80. The average molecular weight is 432 g/mol. The number of hydrogen-bond donors (Lipinski definition) is 2. The first-order valence-corrected chi connectivity index (χ1v) is 8.66. The van der Waals surface area contributed by atoms with E-state index in [2.05, 4.69) is 4.72 Å². The molecule has 6 nitrogen and oxygen atoms in total. The number of methoxy groups -OCH3 is 1. The monoisotopic (exact) mass is 432 g/mol. The lowest BCUT2D eigenvalue weighted by molar-refractivity contribution is 0.100. The van der Waals surface area contributed by atoms with E-state index < -0.39 is 15.9 Å². The zero-order valence-corrected chi connectivity index (χ0v) is 14.5. The molecule has 0 aliphatic rings. The largest absolute Gasteiger partial charge is 0.496 e. The number of anilines is 1. The van der Waals surface area contributed by atoms with Gasteiger partial charge in [0.1, 0.15) is 5.75 Å². The Bertz CT molecular complexity index is 821. The van der Waals surface area contributed by atoms with E-state index in [4.69, 9.17) is 10.5 Å². The first-order chi connectivity index (χ1) is 10.3. The van der Waals surface area contributed by atoms with Gasteiger partial charge in [-0.05, 0) is 52.9 Å². The second-order valence-electron chi connectivity index (χ2n) is 4.31. The van der Waals surface area contributed by atoms with E-state index >= 15 is 0 Å². The van der Waals surface area contributed by atoms with Crippen LogP contribution < -0.4 is 15.2 Å². The molecule has 8 heteroatoms. The SMILES string of the molecule is COc1ccc(S(=O)(=O)Nc2ccccc2C(N)=O)cc1I. The molecular formula is C14H13IN2O4S. The molecule has 1 amide bonds. The zero-order chi connectivity index (χ0) is 16.3. The molecular weight excluding hydrogens is 419 g/mol. The van der Waals surface area contributed by atoms with Crippen LogP contribution in [0.3, 0.4) is 0 Å². The van der Waals surface area contributed by atoms with E-state index in [9.17, 15) is 13.2 Å². The molecule has 0 heterocycles. The summed E-state index contributed by atoms with van der Waals surface area (Å²) in [7, 11) is -2.33. The van der Waals surface area contributed by atoms with Gasteiger partial charge in [0.15, 0.2) is 0 Å². The molecule has 0 saturated heterocycles. The number of ether oxygens (including phenoxy) is 1. The summed E-state index contributed by atoms with van der Waals surface area (Å²) in [5.41, 5.74) is 5.49. The van der Waals surface area contributed by atoms with Crippen LogP contribution in [0, 0.1) is 3.57 Å². The molecule has 0 aliphatic heterocycles. The number of primary amides is 1. The minimum absolute atomic E-state index is 0.0666. The van der Waals surface area contributed by atoms with Crippen molar-refractivity contribution in [2.75, 3.05) is 11.8 Å². The van der Waals surface area contributed by atoms with Crippen molar-refractivity contribution in [1.82, 2.24) is 0 Å². The molecule has 0 spiro atoms. The summed E-state index contributed by atoms with van der Waals surface area (Å²) in [6, 6.07) is 10.6. The van der Waals surface area contributed by atoms with Gasteiger partial charge in [0.2, 0.25) is 0 Å². The Morgan fingerprint density at radius 2 is 1.91 bits per heavy atom. The van der Waals surface area contributed by atoms with Gasteiger partial charge in [-0.1, -0.05) is 12.1 Å². The van der Waals surface area contributed by atoms with E-state index in [0.717, 1.165) is 0 Å². The summed E-state index contributed by atoms with van der Waals surface area (Å²) in [6.07, 6.45) is 0. The number of halogens is 1. The zero-order valence-electron chi connectivity index (χ0n) is 11.5. The van der Waals surface area contributed by atoms with E-state index in [-0.39, 0.29) is 16.1 Å². The molecule has 3 N–H and O–H groups in total. The highest BCUT2D eigenvalue weighted by atomic mass is 127. The molecule has 2 rings (SSSR count). The fourth-order valence-corrected chi connectivity index (χ4v) is 3.86. The molecule has 0 unspecified atom stereocenters. The minimum Gasteiger partial charge on any atom is -0.496 e. The summed E-state index contributed by atoms with van der Waals surface area (Å²) in [4.78, 5) is 11.4. The highest BCUT2D eigenvalue weighted by Gasteiger charge is 2.18. The normalized spacial score (nSPS) is 11.0. The van der Waals surface area contributed by atoms with Crippen LogP contribution in [0.5, 0.6) is 5.75 Å². The third kappa shape index (κ3) is 3.50. The Labute approximate surface area is 141 Å². The number of rotatable bonds is 5. The molecule has 2 aromatic rings. The van der Waals surface area contributed by atoms with Crippen LogP contribution in [0.25, 0.3) is 0 Å². The molecule has 0 fully saturated rings. The van der Waals surface area contributed by atoms with Crippen molar-refractivity contribution < 1.29 is 17.9 Å². The van der Waals surface area contributed by atoms with Gasteiger partial charge in [0, 0.05) is 0 Å². The predicted molar refractivity (Wildman–Crippen MR) is 91.5 cm³/mol. The molecule has 22 heavy (non-hydrogen) atoms. The quantitative estimate of drug-likeness (QED) is 0.708. The van der Waals surface area contributed by atoms with E-state index in [1.54, 1.807) is 18.2 Å². The number of carbonyl (C=O) groups excluding carboxylic acids is 1.